The van der Waals surface area contributed by atoms with Gasteiger partial charge in [0.1, 0.15) is 6.10 Å². The second-order valence-corrected chi connectivity index (χ2v) is 7.60. The van der Waals surface area contributed by atoms with Gasteiger partial charge in [-0.1, -0.05) is 39.8 Å². The van der Waals surface area contributed by atoms with Gasteiger partial charge in [0.2, 0.25) is 0 Å². The summed E-state index contributed by atoms with van der Waals surface area (Å²) >= 11 is 0. The Morgan fingerprint density at radius 1 is 0.960 bits per heavy atom. The maximum absolute atomic E-state index is 11.8. The van der Waals surface area contributed by atoms with Crippen LogP contribution in [-0.2, 0) is 25.0 Å². The van der Waals surface area contributed by atoms with Gasteiger partial charge in [-0.05, 0) is 54.7 Å². The summed E-state index contributed by atoms with van der Waals surface area (Å²) < 4.78 is 5.10. The predicted molar refractivity (Wildman–Crippen MR) is 90.6 cm³/mol. The fourth-order valence-corrected chi connectivity index (χ4v) is 2.73. The van der Waals surface area contributed by atoms with Crippen LogP contribution in [0.25, 0.3) is 0 Å². The molecule has 0 saturated heterocycles. The second-order valence-electron chi connectivity index (χ2n) is 7.60. The molecule has 0 aromatic heterocycles. The Balaban J connectivity index is 1.72. The van der Waals surface area contributed by atoms with Crippen LogP contribution in [0, 0.1) is 5.92 Å². The molecular weight excluding hydrogens is 324 g/mol. The molecule has 6 heteroatoms. The van der Waals surface area contributed by atoms with Gasteiger partial charge in [-0.3, -0.25) is 4.89 Å². The molecule has 0 unspecified atom stereocenters. The monoisotopic (exact) mass is 350 g/mol. The summed E-state index contributed by atoms with van der Waals surface area (Å²) in [5, 5.41) is 4.25. The molecule has 0 amide bonds. The summed E-state index contributed by atoms with van der Waals surface area (Å²) in [7, 11) is 0. The Labute approximate surface area is 148 Å². The van der Waals surface area contributed by atoms with Crippen LogP contribution < -0.4 is 0 Å². The van der Waals surface area contributed by atoms with Gasteiger partial charge in [-0.15, -0.1) is 0 Å². The van der Waals surface area contributed by atoms with E-state index in [9.17, 15) is 9.59 Å². The summed E-state index contributed by atoms with van der Waals surface area (Å²) in [6, 6.07) is 6.95. The SMILES string of the molecule is CC1CCC(OC(=O)OOOC(=O)c2ccc(C(C)(C)C)cc2)CC1. The number of hydrogen-bond acceptors (Lipinski definition) is 6. The normalized spacial score (nSPS) is 20.6. The zero-order valence-electron chi connectivity index (χ0n) is 15.2. The lowest BCUT2D eigenvalue weighted by atomic mass is 9.87. The van der Waals surface area contributed by atoms with Gasteiger partial charge < -0.3 is 4.74 Å². The van der Waals surface area contributed by atoms with Crippen LogP contribution in [0.3, 0.4) is 0 Å². The highest BCUT2D eigenvalue weighted by Crippen LogP contribution is 2.26. The van der Waals surface area contributed by atoms with Crippen LogP contribution in [0.1, 0.15) is 69.3 Å². The van der Waals surface area contributed by atoms with E-state index in [-0.39, 0.29) is 11.5 Å². The Kier molecular flexibility index (Phi) is 6.42. The van der Waals surface area contributed by atoms with Gasteiger partial charge in [-0.25, -0.2) is 14.5 Å². The predicted octanol–water partition coefficient (Wildman–Crippen LogP) is 4.72. The summed E-state index contributed by atoms with van der Waals surface area (Å²) in [5.74, 6) is -0.0995. The summed E-state index contributed by atoms with van der Waals surface area (Å²) in [6.45, 7) is 8.41. The highest BCUT2D eigenvalue weighted by Gasteiger charge is 2.23. The zero-order valence-corrected chi connectivity index (χ0v) is 15.2. The minimum atomic E-state index is -1.00. The third-order valence-corrected chi connectivity index (χ3v) is 4.42. The van der Waals surface area contributed by atoms with Crippen molar-refractivity contribution >= 4 is 12.1 Å². The van der Waals surface area contributed by atoms with Gasteiger partial charge in [0.25, 0.3) is 0 Å². The zero-order chi connectivity index (χ0) is 18.4. The first-order chi connectivity index (χ1) is 11.8. The molecule has 0 aliphatic heterocycles. The fraction of sp³-hybridized carbons (Fsp3) is 0.579. The highest BCUT2D eigenvalue weighted by atomic mass is 17.5. The van der Waals surface area contributed by atoms with E-state index in [1.807, 2.05) is 12.1 Å². The van der Waals surface area contributed by atoms with E-state index in [1.165, 1.54) is 0 Å². The molecule has 0 atom stereocenters. The first-order valence-electron chi connectivity index (χ1n) is 8.62. The van der Waals surface area contributed by atoms with Crippen LogP contribution in [0.15, 0.2) is 24.3 Å². The number of carbonyl (C=O) groups excluding carboxylic acids is 2. The fourth-order valence-electron chi connectivity index (χ4n) is 2.73. The van der Waals surface area contributed by atoms with Gasteiger partial charge in [0, 0.05) is 0 Å². The van der Waals surface area contributed by atoms with E-state index < -0.39 is 12.1 Å². The molecule has 0 radical (unpaired) electrons. The van der Waals surface area contributed by atoms with Crippen molar-refractivity contribution < 1.29 is 29.1 Å². The van der Waals surface area contributed by atoms with Crippen molar-refractivity contribution in [2.75, 3.05) is 0 Å². The summed E-state index contributed by atoms with van der Waals surface area (Å²) in [5.41, 5.74) is 1.38. The van der Waals surface area contributed by atoms with Crippen LogP contribution in [-0.4, -0.2) is 18.2 Å². The third kappa shape index (κ3) is 6.05. The van der Waals surface area contributed by atoms with E-state index in [1.54, 1.807) is 12.1 Å². The van der Waals surface area contributed by atoms with Crippen molar-refractivity contribution in [1.82, 2.24) is 0 Å². The molecule has 1 aliphatic carbocycles. The van der Waals surface area contributed by atoms with E-state index in [0.29, 0.717) is 11.5 Å². The Bertz CT molecular complexity index is 579. The molecule has 25 heavy (non-hydrogen) atoms. The number of carbonyl (C=O) groups is 2. The molecule has 0 heterocycles. The van der Waals surface area contributed by atoms with Crippen LogP contribution in [0.2, 0.25) is 0 Å². The van der Waals surface area contributed by atoms with Crippen molar-refractivity contribution in [2.24, 2.45) is 5.92 Å². The van der Waals surface area contributed by atoms with Crippen LogP contribution >= 0.6 is 0 Å². The molecule has 6 nitrogen and oxygen atoms in total. The molecule has 1 fully saturated rings. The molecule has 1 saturated carbocycles. The molecule has 1 aliphatic rings. The van der Waals surface area contributed by atoms with Gasteiger partial charge >= 0.3 is 12.1 Å². The second kappa shape index (κ2) is 8.34. The lowest BCUT2D eigenvalue weighted by Crippen LogP contribution is -2.24. The maximum Gasteiger partial charge on any atom is 0.543 e. The van der Waals surface area contributed by atoms with Crippen molar-refractivity contribution in [2.45, 2.75) is 64.9 Å². The summed E-state index contributed by atoms with van der Waals surface area (Å²) in [4.78, 5) is 32.1. The number of ether oxygens (including phenoxy) is 1. The maximum atomic E-state index is 11.8. The van der Waals surface area contributed by atoms with Crippen molar-refractivity contribution in [3.05, 3.63) is 35.4 Å². The highest BCUT2D eigenvalue weighted by molar-refractivity contribution is 5.88. The largest absolute Gasteiger partial charge is 0.543 e. The van der Waals surface area contributed by atoms with Crippen LogP contribution in [0.4, 0.5) is 4.79 Å². The molecule has 2 rings (SSSR count). The molecule has 0 N–H and O–H groups in total. The molecule has 1 aromatic rings. The molecular formula is C19H26O6. The molecule has 138 valence electrons. The first-order valence-corrected chi connectivity index (χ1v) is 8.62. The topological polar surface area (TPSA) is 71.1 Å². The van der Waals surface area contributed by atoms with E-state index >= 15 is 0 Å². The Morgan fingerprint density at radius 3 is 2.12 bits per heavy atom. The Hall–Kier alpha value is -2.08. The van der Waals surface area contributed by atoms with Crippen molar-refractivity contribution in [1.29, 1.82) is 0 Å². The standard InChI is InChI=1S/C19H26O6/c1-13-5-11-16(12-6-13)22-18(21)24-25-23-17(20)14-7-9-15(10-8-14)19(2,3)4/h7-10,13,16H,5-6,11-12H2,1-4H3. The van der Waals surface area contributed by atoms with Crippen molar-refractivity contribution in [3.63, 3.8) is 0 Å². The molecule has 1 aromatic carbocycles. The molecule has 0 bridgehead atoms. The lowest BCUT2D eigenvalue weighted by Gasteiger charge is -2.24. The molecule has 0 spiro atoms. The third-order valence-electron chi connectivity index (χ3n) is 4.42. The lowest BCUT2D eigenvalue weighted by molar-refractivity contribution is -0.453. The van der Waals surface area contributed by atoms with Gasteiger partial charge in [0.05, 0.1) is 10.6 Å². The van der Waals surface area contributed by atoms with E-state index in [4.69, 9.17) is 4.74 Å². The number of benzene rings is 1. The number of rotatable bonds is 4. The minimum Gasteiger partial charge on any atom is -0.429 e. The van der Waals surface area contributed by atoms with Gasteiger partial charge in [-0.2, -0.15) is 0 Å². The van der Waals surface area contributed by atoms with E-state index in [2.05, 4.69) is 42.5 Å². The smallest absolute Gasteiger partial charge is 0.429 e. The summed E-state index contributed by atoms with van der Waals surface area (Å²) in [6.07, 6.45) is 2.45. The number of hydrogen-bond donors (Lipinski definition) is 0. The quantitative estimate of drug-likeness (QED) is 0.444. The first kappa shape index (κ1) is 19.2. The van der Waals surface area contributed by atoms with Crippen molar-refractivity contribution in [3.8, 4) is 0 Å². The van der Waals surface area contributed by atoms with Gasteiger partial charge in [0.15, 0.2) is 0 Å². The Morgan fingerprint density at radius 2 is 1.56 bits per heavy atom. The van der Waals surface area contributed by atoms with E-state index in [0.717, 1.165) is 31.2 Å². The average Bonchev–Trinajstić information content (AvgIpc) is 2.56. The minimum absolute atomic E-state index is 0.0112. The average molecular weight is 350 g/mol. The van der Waals surface area contributed by atoms with Crippen LogP contribution in [0.5, 0.6) is 0 Å².